The Morgan fingerprint density at radius 2 is 2.07 bits per heavy atom. The smallest absolute Gasteiger partial charge is 0.358 e. The first-order chi connectivity index (χ1) is 13.0. The molecule has 0 N–H and O–H groups in total. The van der Waals surface area contributed by atoms with Crippen molar-refractivity contribution < 1.29 is 26.9 Å². The molecule has 0 atom stereocenters. The molecule has 0 spiro atoms. The summed E-state index contributed by atoms with van der Waals surface area (Å²) in [6.07, 6.45) is 1.99. The van der Waals surface area contributed by atoms with Crippen LogP contribution < -0.4 is 0 Å². The standard InChI is InChI=1S/C16H16N4O6S/c1-24-16(21)12-9-11-10-19(7-2-8-20(11)18-12)27(22,23)15-4-3-13(25-15)14-5-6-17-26-14/h3-6,9H,2,7-8,10H2,1H3. The Balaban J connectivity index is 1.62. The maximum Gasteiger partial charge on any atom is 0.358 e. The van der Waals surface area contributed by atoms with Crippen LogP contribution in [0.3, 0.4) is 0 Å². The van der Waals surface area contributed by atoms with Gasteiger partial charge in [0.1, 0.15) is 0 Å². The van der Waals surface area contributed by atoms with Crippen LogP contribution in [0.15, 0.2) is 44.5 Å². The summed E-state index contributed by atoms with van der Waals surface area (Å²) in [7, 11) is -2.60. The van der Waals surface area contributed by atoms with Gasteiger partial charge < -0.3 is 13.7 Å². The SMILES string of the molecule is COC(=O)c1cc2n(n1)CCCN(S(=O)(=O)c1ccc(-c3ccno3)o1)C2. The summed E-state index contributed by atoms with van der Waals surface area (Å²) >= 11 is 0. The number of rotatable bonds is 4. The molecule has 11 heteroatoms. The van der Waals surface area contributed by atoms with E-state index >= 15 is 0 Å². The van der Waals surface area contributed by atoms with Gasteiger partial charge in [0.25, 0.3) is 10.0 Å². The van der Waals surface area contributed by atoms with Gasteiger partial charge in [-0.25, -0.2) is 13.2 Å². The number of furan rings is 1. The van der Waals surface area contributed by atoms with Gasteiger partial charge in [0.15, 0.2) is 11.5 Å². The van der Waals surface area contributed by atoms with Crippen LogP contribution in [0.4, 0.5) is 0 Å². The fourth-order valence-electron chi connectivity index (χ4n) is 2.90. The molecule has 3 aromatic heterocycles. The number of nitrogens with zero attached hydrogens (tertiary/aromatic N) is 4. The molecule has 0 radical (unpaired) electrons. The minimum Gasteiger partial charge on any atom is -0.464 e. The van der Waals surface area contributed by atoms with Crippen molar-refractivity contribution in [3.63, 3.8) is 0 Å². The number of carbonyl (C=O) groups is 1. The Hall–Kier alpha value is -2.92. The van der Waals surface area contributed by atoms with Gasteiger partial charge in [-0.05, 0) is 24.6 Å². The second kappa shape index (κ2) is 6.67. The summed E-state index contributed by atoms with van der Waals surface area (Å²) in [6, 6.07) is 6.02. The summed E-state index contributed by atoms with van der Waals surface area (Å²) < 4.78 is 44.1. The molecule has 0 fully saturated rings. The highest BCUT2D eigenvalue weighted by molar-refractivity contribution is 7.89. The van der Waals surface area contributed by atoms with Crippen LogP contribution in [0.2, 0.25) is 0 Å². The molecule has 10 nitrogen and oxygen atoms in total. The molecule has 3 aromatic rings. The highest BCUT2D eigenvalue weighted by Gasteiger charge is 2.31. The Kier molecular flexibility index (Phi) is 4.32. The van der Waals surface area contributed by atoms with E-state index in [4.69, 9.17) is 8.94 Å². The summed E-state index contributed by atoms with van der Waals surface area (Å²) in [4.78, 5) is 11.7. The second-order valence-electron chi connectivity index (χ2n) is 5.92. The van der Waals surface area contributed by atoms with Gasteiger partial charge in [0.05, 0.1) is 25.5 Å². The number of carbonyl (C=O) groups excluding carboxylic acids is 1. The lowest BCUT2D eigenvalue weighted by Gasteiger charge is -2.17. The Morgan fingerprint density at radius 1 is 1.22 bits per heavy atom. The third-order valence-electron chi connectivity index (χ3n) is 4.23. The van der Waals surface area contributed by atoms with Gasteiger partial charge >= 0.3 is 5.97 Å². The maximum absolute atomic E-state index is 13.0. The van der Waals surface area contributed by atoms with Crippen molar-refractivity contribution in [2.45, 2.75) is 24.6 Å². The first-order valence-electron chi connectivity index (χ1n) is 8.15. The maximum atomic E-state index is 13.0. The predicted molar refractivity (Wildman–Crippen MR) is 90.0 cm³/mol. The Bertz CT molecular complexity index is 1070. The zero-order valence-electron chi connectivity index (χ0n) is 14.4. The van der Waals surface area contributed by atoms with Crippen molar-refractivity contribution >= 4 is 16.0 Å². The molecule has 0 unspecified atom stereocenters. The number of aromatic nitrogens is 3. The third kappa shape index (κ3) is 3.15. The lowest BCUT2D eigenvalue weighted by Crippen LogP contribution is -2.30. The van der Waals surface area contributed by atoms with Crippen LogP contribution in [0, 0.1) is 0 Å². The molecule has 1 aliphatic heterocycles. The van der Waals surface area contributed by atoms with Crippen LogP contribution in [-0.4, -0.2) is 47.3 Å². The molecular formula is C16H16N4O6S. The van der Waals surface area contributed by atoms with Crippen LogP contribution in [0.1, 0.15) is 22.6 Å². The molecule has 0 saturated carbocycles. The topological polar surface area (TPSA) is 121 Å². The van der Waals surface area contributed by atoms with Crippen molar-refractivity contribution in [3.8, 4) is 11.5 Å². The average Bonchev–Trinajstić information content (AvgIpc) is 3.39. The fraction of sp³-hybridized carbons (Fsp3) is 0.312. The van der Waals surface area contributed by atoms with E-state index < -0.39 is 16.0 Å². The summed E-state index contributed by atoms with van der Waals surface area (Å²) in [5, 5.41) is 7.58. The van der Waals surface area contributed by atoms with E-state index in [9.17, 15) is 13.2 Å². The van der Waals surface area contributed by atoms with Gasteiger partial charge in [-0.2, -0.15) is 9.40 Å². The summed E-state index contributed by atoms with van der Waals surface area (Å²) in [5.41, 5.74) is 0.760. The Morgan fingerprint density at radius 3 is 2.81 bits per heavy atom. The number of ether oxygens (including phenoxy) is 1. The van der Waals surface area contributed by atoms with Crippen LogP contribution in [0.25, 0.3) is 11.5 Å². The lowest BCUT2D eigenvalue weighted by molar-refractivity contribution is 0.0593. The molecule has 27 heavy (non-hydrogen) atoms. The largest absolute Gasteiger partial charge is 0.464 e. The van der Waals surface area contributed by atoms with Gasteiger partial charge in [-0.15, -0.1) is 0 Å². The number of hydrogen-bond donors (Lipinski definition) is 0. The fourth-order valence-corrected chi connectivity index (χ4v) is 4.26. The van der Waals surface area contributed by atoms with Gasteiger partial charge in [0, 0.05) is 19.2 Å². The number of sulfonamides is 1. The van der Waals surface area contributed by atoms with Crippen molar-refractivity contribution in [1.82, 2.24) is 19.2 Å². The molecule has 4 rings (SSSR count). The first-order valence-corrected chi connectivity index (χ1v) is 9.59. The van der Waals surface area contributed by atoms with Gasteiger partial charge in [-0.1, -0.05) is 5.16 Å². The van der Waals surface area contributed by atoms with Crippen molar-refractivity contribution in [2.24, 2.45) is 0 Å². The molecule has 0 amide bonds. The van der Waals surface area contributed by atoms with Crippen LogP contribution in [-0.2, 0) is 27.8 Å². The predicted octanol–water partition coefficient (Wildman–Crippen LogP) is 1.51. The summed E-state index contributed by atoms with van der Waals surface area (Å²) in [6.45, 7) is 0.877. The normalized spacial score (nSPS) is 15.3. The van der Waals surface area contributed by atoms with Crippen molar-refractivity contribution in [1.29, 1.82) is 0 Å². The number of esters is 1. The van der Waals surface area contributed by atoms with Crippen molar-refractivity contribution in [2.75, 3.05) is 13.7 Å². The van der Waals surface area contributed by atoms with Crippen LogP contribution >= 0.6 is 0 Å². The van der Waals surface area contributed by atoms with E-state index in [1.807, 2.05) is 0 Å². The zero-order valence-corrected chi connectivity index (χ0v) is 15.2. The second-order valence-corrected chi connectivity index (χ2v) is 7.79. The average molecular weight is 392 g/mol. The molecule has 0 aromatic carbocycles. The number of aryl methyl sites for hydroxylation is 1. The zero-order chi connectivity index (χ0) is 19.0. The summed E-state index contributed by atoms with van der Waals surface area (Å²) in [5.74, 6) is 0.0553. The number of methoxy groups -OCH3 is 1. The highest BCUT2D eigenvalue weighted by atomic mass is 32.2. The monoisotopic (exact) mass is 392 g/mol. The number of hydrogen-bond acceptors (Lipinski definition) is 8. The molecule has 142 valence electrons. The van der Waals surface area contributed by atoms with Crippen LogP contribution in [0.5, 0.6) is 0 Å². The van der Waals surface area contributed by atoms with Gasteiger partial charge in [0.2, 0.25) is 10.9 Å². The van der Waals surface area contributed by atoms with E-state index in [1.54, 1.807) is 16.8 Å². The quantitative estimate of drug-likeness (QED) is 0.613. The van der Waals surface area contributed by atoms with E-state index in [0.717, 1.165) is 0 Å². The van der Waals surface area contributed by atoms with E-state index in [0.29, 0.717) is 31.0 Å². The van der Waals surface area contributed by atoms with E-state index in [2.05, 4.69) is 15.0 Å². The number of fused-ring (bicyclic) bond motifs is 1. The van der Waals surface area contributed by atoms with Crippen molar-refractivity contribution in [3.05, 3.63) is 41.9 Å². The third-order valence-corrected chi connectivity index (χ3v) is 5.95. The molecule has 0 saturated heterocycles. The lowest BCUT2D eigenvalue weighted by atomic mass is 10.3. The minimum absolute atomic E-state index is 0.0741. The molecule has 4 heterocycles. The molecule has 0 bridgehead atoms. The Labute approximate surface area is 154 Å². The highest BCUT2D eigenvalue weighted by Crippen LogP contribution is 2.28. The first kappa shape index (κ1) is 17.5. The van der Waals surface area contributed by atoms with E-state index in [1.165, 1.54) is 29.7 Å². The minimum atomic E-state index is -3.87. The molecule has 0 aliphatic carbocycles. The molecular weight excluding hydrogens is 376 g/mol. The van der Waals surface area contributed by atoms with Gasteiger partial charge in [-0.3, -0.25) is 4.68 Å². The van der Waals surface area contributed by atoms with E-state index in [-0.39, 0.29) is 23.1 Å². The molecule has 1 aliphatic rings.